The van der Waals surface area contributed by atoms with Crippen molar-refractivity contribution in [1.82, 2.24) is 9.97 Å². The lowest BCUT2D eigenvalue weighted by Crippen LogP contribution is -2.38. The zero-order valence-corrected chi connectivity index (χ0v) is 19.5. The summed E-state index contributed by atoms with van der Waals surface area (Å²) < 4.78 is 16.7. The van der Waals surface area contributed by atoms with Gasteiger partial charge in [0.15, 0.2) is 5.78 Å². The topological polar surface area (TPSA) is 111 Å². The molecule has 1 aliphatic heterocycles. The Morgan fingerprint density at radius 3 is 2.78 bits per heavy atom. The lowest BCUT2D eigenvalue weighted by molar-refractivity contribution is 0.101. The first kappa shape index (κ1) is 22.0. The minimum Gasteiger partial charge on any atom is -0.464 e. The number of hydrogen-bond acceptors (Lipinski definition) is 9. The number of morpholine rings is 1. The average molecular weight is 482 g/mol. The maximum absolute atomic E-state index is 12.8. The molecule has 180 valence electrons. The Labute approximate surface area is 205 Å². The van der Waals surface area contributed by atoms with Crippen LogP contribution in [0.4, 0.5) is 17.3 Å². The summed E-state index contributed by atoms with van der Waals surface area (Å²) in [5.41, 5.74) is 3.34. The van der Waals surface area contributed by atoms with E-state index in [-0.39, 0.29) is 11.3 Å². The first-order valence-electron chi connectivity index (χ1n) is 11.6. The number of carbonyl (C=O) groups is 1. The molecule has 9 heteroatoms. The maximum Gasteiger partial charge on any atom is 0.349 e. The first-order valence-corrected chi connectivity index (χ1v) is 11.6. The van der Waals surface area contributed by atoms with E-state index in [9.17, 15) is 9.59 Å². The monoisotopic (exact) mass is 482 g/mol. The number of carbonyl (C=O) groups excluding carboxylic acids is 1. The molecule has 0 radical (unpaired) electrons. The van der Waals surface area contributed by atoms with Gasteiger partial charge in [-0.25, -0.2) is 14.8 Å². The molecule has 9 nitrogen and oxygen atoms in total. The quantitative estimate of drug-likeness (QED) is 0.279. The van der Waals surface area contributed by atoms with Gasteiger partial charge in [-0.3, -0.25) is 4.79 Å². The number of aromatic nitrogens is 2. The molecule has 0 atom stereocenters. The van der Waals surface area contributed by atoms with Gasteiger partial charge in [-0.15, -0.1) is 0 Å². The summed E-state index contributed by atoms with van der Waals surface area (Å²) in [4.78, 5) is 36.1. The molecule has 1 aliphatic rings. The van der Waals surface area contributed by atoms with Crippen molar-refractivity contribution < 1.29 is 18.4 Å². The van der Waals surface area contributed by atoms with Crippen LogP contribution in [-0.4, -0.2) is 42.1 Å². The Balaban J connectivity index is 1.38. The van der Waals surface area contributed by atoms with Gasteiger partial charge in [-0.2, -0.15) is 0 Å². The van der Waals surface area contributed by atoms with Gasteiger partial charge in [0.05, 0.1) is 30.9 Å². The number of anilines is 3. The lowest BCUT2D eigenvalue weighted by Gasteiger charge is -2.30. The van der Waals surface area contributed by atoms with Crippen molar-refractivity contribution in [3.8, 4) is 11.3 Å². The van der Waals surface area contributed by atoms with Crippen LogP contribution in [0.1, 0.15) is 17.3 Å². The molecule has 36 heavy (non-hydrogen) atoms. The number of Topliss-reactive ketones (excluding diaryl/α,β-unsaturated/α-hetero) is 1. The molecular weight excluding hydrogens is 460 g/mol. The van der Waals surface area contributed by atoms with Crippen LogP contribution in [-0.2, 0) is 4.74 Å². The van der Waals surface area contributed by atoms with E-state index in [0.717, 1.165) is 16.5 Å². The maximum atomic E-state index is 12.8. The van der Waals surface area contributed by atoms with Crippen LogP contribution >= 0.6 is 0 Å². The molecule has 3 aromatic heterocycles. The van der Waals surface area contributed by atoms with Crippen LogP contribution in [0.15, 0.2) is 74.6 Å². The second kappa shape index (κ2) is 8.94. The van der Waals surface area contributed by atoms with Gasteiger partial charge in [0.2, 0.25) is 5.95 Å². The number of rotatable bonds is 5. The van der Waals surface area contributed by atoms with Crippen LogP contribution in [0, 0.1) is 0 Å². The zero-order chi connectivity index (χ0) is 24.6. The van der Waals surface area contributed by atoms with E-state index in [0.29, 0.717) is 60.3 Å². The Morgan fingerprint density at radius 1 is 1.08 bits per heavy atom. The molecule has 0 spiro atoms. The Hall–Kier alpha value is -4.50. The van der Waals surface area contributed by atoms with E-state index in [1.807, 2.05) is 47.4 Å². The smallest absolute Gasteiger partial charge is 0.349 e. The summed E-state index contributed by atoms with van der Waals surface area (Å²) in [5, 5.41) is 4.87. The highest BCUT2D eigenvalue weighted by Crippen LogP contribution is 2.33. The van der Waals surface area contributed by atoms with Gasteiger partial charge in [0.1, 0.15) is 16.7 Å². The number of nitrogens with one attached hydrogen (secondary N) is 1. The van der Waals surface area contributed by atoms with Crippen molar-refractivity contribution in [2.45, 2.75) is 6.92 Å². The van der Waals surface area contributed by atoms with Crippen LogP contribution in [0.3, 0.4) is 0 Å². The summed E-state index contributed by atoms with van der Waals surface area (Å²) >= 11 is 0. The van der Waals surface area contributed by atoms with Crippen LogP contribution in [0.2, 0.25) is 0 Å². The summed E-state index contributed by atoms with van der Waals surface area (Å²) in [6.45, 7) is 3.60. The third-order valence-corrected chi connectivity index (χ3v) is 6.23. The van der Waals surface area contributed by atoms with Crippen molar-refractivity contribution in [1.29, 1.82) is 0 Å². The van der Waals surface area contributed by atoms with Gasteiger partial charge in [0, 0.05) is 47.4 Å². The number of para-hydroxylation sites is 1. The Bertz CT molecular complexity index is 1670. The van der Waals surface area contributed by atoms with Crippen LogP contribution in [0.5, 0.6) is 0 Å². The fourth-order valence-corrected chi connectivity index (χ4v) is 4.58. The van der Waals surface area contributed by atoms with E-state index in [4.69, 9.17) is 13.6 Å². The molecular formula is C27H22N4O5. The molecule has 2 aromatic carbocycles. The molecule has 4 heterocycles. The fourth-order valence-electron chi connectivity index (χ4n) is 4.58. The minimum atomic E-state index is -0.654. The Kier molecular flexibility index (Phi) is 5.46. The van der Waals surface area contributed by atoms with Crippen molar-refractivity contribution in [2.24, 2.45) is 0 Å². The zero-order valence-electron chi connectivity index (χ0n) is 19.5. The molecule has 0 amide bonds. The molecule has 0 saturated carbocycles. The van der Waals surface area contributed by atoms with Gasteiger partial charge < -0.3 is 23.8 Å². The molecule has 0 unspecified atom stereocenters. The van der Waals surface area contributed by atoms with E-state index in [1.54, 1.807) is 18.5 Å². The average Bonchev–Trinajstić information content (AvgIpc) is 3.37. The summed E-state index contributed by atoms with van der Waals surface area (Å²) in [7, 11) is 0. The molecule has 0 aliphatic carbocycles. The molecule has 6 rings (SSSR count). The predicted molar refractivity (Wildman–Crippen MR) is 136 cm³/mol. The van der Waals surface area contributed by atoms with Gasteiger partial charge >= 0.3 is 5.63 Å². The normalized spacial score (nSPS) is 13.9. The number of furan rings is 1. The van der Waals surface area contributed by atoms with E-state index >= 15 is 0 Å². The van der Waals surface area contributed by atoms with Crippen molar-refractivity contribution in [2.75, 3.05) is 36.5 Å². The Morgan fingerprint density at radius 2 is 1.94 bits per heavy atom. The number of hydrogen-bond donors (Lipinski definition) is 1. The molecule has 1 saturated heterocycles. The third-order valence-electron chi connectivity index (χ3n) is 6.23. The molecule has 5 aromatic rings. The van der Waals surface area contributed by atoms with E-state index < -0.39 is 5.63 Å². The standard InChI is InChI=1S/C27H22N4O5/c1-16(32)23-24(31-10-13-34-14-11-31)20-6-5-18(15-22(20)36-26(23)33)29-27-28-9-7-21(30-27)19-4-2-3-17-8-12-35-25(17)19/h2-9,12,15H,10-11,13-14H2,1H3,(H,28,29,30). The van der Waals surface area contributed by atoms with Crippen molar-refractivity contribution in [3.05, 3.63) is 77.0 Å². The number of benzene rings is 2. The van der Waals surface area contributed by atoms with Gasteiger partial charge in [-0.05, 0) is 37.3 Å². The highest BCUT2D eigenvalue weighted by molar-refractivity contribution is 6.07. The number of ketones is 1. The van der Waals surface area contributed by atoms with Crippen LogP contribution in [0.25, 0.3) is 33.2 Å². The van der Waals surface area contributed by atoms with Gasteiger partial charge in [0.25, 0.3) is 0 Å². The predicted octanol–water partition coefficient (Wildman–Crippen LogP) is 4.78. The third kappa shape index (κ3) is 3.89. The van der Waals surface area contributed by atoms with Crippen LogP contribution < -0.4 is 15.8 Å². The van der Waals surface area contributed by atoms with E-state index in [2.05, 4.69) is 15.3 Å². The molecule has 1 fully saturated rings. The van der Waals surface area contributed by atoms with Crippen molar-refractivity contribution in [3.63, 3.8) is 0 Å². The first-order chi connectivity index (χ1) is 17.6. The summed E-state index contributed by atoms with van der Waals surface area (Å²) in [5.74, 6) is 0.0534. The number of ether oxygens (including phenoxy) is 1. The van der Waals surface area contributed by atoms with Crippen molar-refractivity contribution >= 4 is 45.0 Å². The minimum absolute atomic E-state index is 0.0632. The second-order valence-electron chi connectivity index (χ2n) is 8.51. The lowest BCUT2D eigenvalue weighted by atomic mass is 10.1. The largest absolute Gasteiger partial charge is 0.464 e. The fraction of sp³-hybridized carbons (Fsp3) is 0.185. The van der Waals surface area contributed by atoms with Gasteiger partial charge in [-0.1, -0.05) is 12.1 Å². The number of fused-ring (bicyclic) bond motifs is 2. The second-order valence-corrected chi connectivity index (χ2v) is 8.51. The number of nitrogens with zero attached hydrogens (tertiary/aromatic N) is 3. The summed E-state index contributed by atoms with van der Waals surface area (Å²) in [6, 6.07) is 15.0. The molecule has 0 bridgehead atoms. The highest BCUT2D eigenvalue weighted by atomic mass is 16.5. The highest BCUT2D eigenvalue weighted by Gasteiger charge is 2.24. The SMILES string of the molecule is CC(=O)c1c(N2CCOCC2)c2ccc(Nc3nccc(-c4cccc5ccoc45)n3)cc2oc1=O. The molecule has 1 N–H and O–H groups in total. The summed E-state index contributed by atoms with van der Waals surface area (Å²) in [6.07, 6.45) is 3.32. The van der Waals surface area contributed by atoms with E-state index in [1.165, 1.54) is 6.92 Å².